The number of carboxylic acid groups (broad SMARTS) is 1. The van der Waals surface area contributed by atoms with E-state index < -0.39 is 11.9 Å². The second kappa shape index (κ2) is 7.84. The third-order valence-corrected chi connectivity index (χ3v) is 2.59. The van der Waals surface area contributed by atoms with Crippen molar-refractivity contribution in [2.45, 2.75) is 20.4 Å². The topological polar surface area (TPSA) is 95.5 Å². The van der Waals surface area contributed by atoms with Crippen molar-refractivity contribution in [2.24, 2.45) is 5.92 Å². The fourth-order valence-electron chi connectivity index (χ4n) is 1.39. The van der Waals surface area contributed by atoms with Crippen molar-refractivity contribution < 1.29 is 19.5 Å². The van der Waals surface area contributed by atoms with Gasteiger partial charge in [-0.05, 0) is 17.7 Å². The molecular formula is C15H18N2O4. The number of anilines is 1. The number of benzene rings is 1. The molecule has 1 aromatic rings. The van der Waals surface area contributed by atoms with Gasteiger partial charge in [0.2, 0.25) is 11.8 Å². The van der Waals surface area contributed by atoms with Gasteiger partial charge in [0.05, 0.1) is 0 Å². The minimum absolute atomic E-state index is 0.0603. The monoisotopic (exact) mass is 290 g/mol. The highest BCUT2D eigenvalue weighted by molar-refractivity contribution is 5.94. The minimum atomic E-state index is -1.17. The Morgan fingerprint density at radius 1 is 1.14 bits per heavy atom. The number of hydrogen-bond donors (Lipinski definition) is 3. The van der Waals surface area contributed by atoms with Gasteiger partial charge in [0.1, 0.15) is 0 Å². The first-order valence-corrected chi connectivity index (χ1v) is 6.47. The summed E-state index contributed by atoms with van der Waals surface area (Å²) in [5, 5.41) is 13.7. The summed E-state index contributed by atoms with van der Waals surface area (Å²) in [7, 11) is 0. The fraction of sp³-hybridized carbons (Fsp3) is 0.267. The standard InChI is InChI=1S/C15H18N2O4/c1-10(2)15(21)17-12-5-3-11(4-6-12)9-16-13(18)7-8-14(19)20/h3-8,10H,9H2,1-2H3,(H,16,18)(H,17,21)(H,19,20)/b8-7+. The van der Waals surface area contributed by atoms with Crippen LogP contribution in [0.5, 0.6) is 0 Å². The second-order valence-corrected chi connectivity index (χ2v) is 4.73. The van der Waals surface area contributed by atoms with Crippen LogP contribution in [0.3, 0.4) is 0 Å². The number of carboxylic acids is 1. The Bertz CT molecular complexity index is 547. The zero-order valence-electron chi connectivity index (χ0n) is 11.9. The van der Waals surface area contributed by atoms with Crippen LogP contribution in [0.1, 0.15) is 19.4 Å². The molecule has 112 valence electrons. The van der Waals surface area contributed by atoms with Crippen molar-refractivity contribution in [2.75, 3.05) is 5.32 Å². The van der Waals surface area contributed by atoms with Gasteiger partial charge in [-0.15, -0.1) is 0 Å². The Balaban J connectivity index is 2.50. The summed E-state index contributed by atoms with van der Waals surface area (Å²) in [6, 6.07) is 7.04. The molecule has 0 unspecified atom stereocenters. The third-order valence-electron chi connectivity index (χ3n) is 2.59. The van der Waals surface area contributed by atoms with Crippen LogP contribution in [-0.4, -0.2) is 22.9 Å². The van der Waals surface area contributed by atoms with Crippen LogP contribution < -0.4 is 10.6 Å². The third kappa shape index (κ3) is 6.38. The highest BCUT2D eigenvalue weighted by Gasteiger charge is 2.06. The highest BCUT2D eigenvalue weighted by atomic mass is 16.4. The van der Waals surface area contributed by atoms with Gasteiger partial charge in [-0.3, -0.25) is 9.59 Å². The Morgan fingerprint density at radius 2 is 1.76 bits per heavy atom. The van der Waals surface area contributed by atoms with Gasteiger partial charge in [0.25, 0.3) is 0 Å². The molecule has 0 aliphatic heterocycles. The summed E-state index contributed by atoms with van der Waals surface area (Å²) in [6.45, 7) is 3.90. The smallest absolute Gasteiger partial charge is 0.328 e. The molecule has 6 nitrogen and oxygen atoms in total. The number of aliphatic carboxylic acids is 1. The average molecular weight is 290 g/mol. The van der Waals surface area contributed by atoms with Crippen LogP contribution in [0.4, 0.5) is 5.69 Å². The first-order valence-electron chi connectivity index (χ1n) is 6.47. The van der Waals surface area contributed by atoms with Gasteiger partial charge in [-0.2, -0.15) is 0 Å². The number of carbonyl (C=O) groups is 3. The van der Waals surface area contributed by atoms with Crippen molar-refractivity contribution >= 4 is 23.5 Å². The van der Waals surface area contributed by atoms with Crippen molar-refractivity contribution in [3.8, 4) is 0 Å². The molecule has 1 rings (SSSR count). The maximum absolute atomic E-state index is 11.5. The van der Waals surface area contributed by atoms with Gasteiger partial charge in [0, 0.05) is 30.3 Å². The summed E-state index contributed by atoms with van der Waals surface area (Å²) < 4.78 is 0. The molecule has 0 aromatic heterocycles. The molecule has 0 aliphatic rings. The zero-order chi connectivity index (χ0) is 15.8. The van der Waals surface area contributed by atoms with Crippen molar-refractivity contribution in [3.05, 3.63) is 42.0 Å². The minimum Gasteiger partial charge on any atom is -0.478 e. The molecule has 3 N–H and O–H groups in total. The van der Waals surface area contributed by atoms with Gasteiger partial charge < -0.3 is 15.7 Å². The summed E-state index contributed by atoms with van der Waals surface area (Å²) in [5.41, 5.74) is 1.53. The molecular weight excluding hydrogens is 272 g/mol. The predicted octanol–water partition coefficient (Wildman–Crippen LogP) is 1.54. The molecule has 0 aliphatic carbocycles. The fourth-order valence-corrected chi connectivity index (χ4v) is 1.39. The second-order valence-electron chi connectivity index (χ2n) is 4.73. The molecule has 0 heterocycles. The van der Waals surface area contributed by atoms with E-state index in [9.17, 15) is 14.4 Å². The number of rotatable bonds is 6. The van der Waals surface area contributed by atoms with E-state index in [4.69, 9.17) is 5.11 Å². The molecule has 21 heavy (non-hydrogen) atoms. The summed E-state index contributed by atoms with van der Waals surface area (Å²) in [5.74, 6) is -1.80. The van der Waals surface area contributed by atoms with E-state index in [-0.39, 0.29) is 18.4 Å². The first kappa shape index (κ1) is 16.4. The SMILES string of the molecule is CC(C)C(=O)Nc1ccc(CNC(=O)/C=C/C(=O)O)cc1. The molecule has 6 heteroatoms. The number of nitrogens with one attached hydrogen (secondary N) is 2. The number of hydrogen-bond acceptors (Lipinski definition) is 3. The summed E-state index contributed by atoms with van der Waals surface area (Å²) >= 11 is 0. The molecule has 0 spiro atoms. The lowest BCUT2D eigenvalue weighted by Gasteiger charge is -2.08. The van der Waals surface area contributed by atoms with E-state index in [2.05, 4.69) is 10.6 Å². The molecule has 0 atom stereocenters. The summed E-state index contributed by atoms with van der Waals surface area (Å²) in [4.78, 5) is 33.1. The average Bonchev–Trinajstić information content (AvgIpc) is 2.44. The Morgan fingerprint density at radius 3 is 2.29 bits per heavy atom. The molecule has 1 aromatic carbocycles. The quantitative estimate of drug-likeness (QED) is 0.692. The molecule has 0 saturated carbocycles. The summed E-state index contributed by atoms with van der Waals surface area (Å²) in [6.07, 6.45) is 1.74. The van der Waals surface area contributed by atoms with Crippen LogP contribution in [-0.2, 0) is 20.9 Å². The van der Waals surface area contributed by atoms with E-state index in [1.54, 1.807) is 24.3 Å². The maximum atomic E-state index is 11.5. The lowest BCUT2D eigenvalue weighted by atomic mass is 10.1. The largest absolute Gasteiger partial charge is 0.478 e. The van der Waals surface area contributed by atoms with Crippen LogP contribution in [0.2, 0.25) is 0 Å². The van der Waals surface area contributed by atoms with Gasteiger partial charge in [-0.1, -0.05) is 26.0 Å². The van der Waals surface area contributed by atoms with E-state index in [0.717, 1.165) is 17.7 Å². The van der Waals surface area contributed by atoms with Gasteiger partial charge >= 0.3 is 5.97 Å². The molecule has 0 saturated heterocycles. The van der Waals surface area contributed by atoms with Gasteiger partial charge in [-0.25, -0.2) is 4.79 Å². The molecule has 0 bridgehead atoms. The first-order chi connectivity index (χ1) is 9.88. The Labute approximate surface area is 122 Å². The lowest BCUT2D eigenvalue weighted by molar-refractivity contribution is -0.131. The molecule has 0 fully saturated rings. The highest BCUT2D eigenvalue weighted by Crippen LogP contribution is 2.10. The number of carbonyl (C=O) groups excluding carboxylic acids is 2. The van der Waals surface area contributed by atoms with Crippen molar-refractivity contribution in [1.29, 1.82) is 0 Å². The van der Waals surface area contributed by atoms with Crippen LogP contribution in [0.25, 0.3) is 0 Å². The Kier molecular flexibility index (Phi) is 6.13. The van der Waals surface area contributed by atoms with E-state index in [1.165, 1.54) is 0 Å². The normalized spacial score (nSPS) is 10.6. The van der Waals surface area contributed by atoms with Crippen molar-refractivity contribution in [3.63, 3.8) is 0 Å². The predicted molar refractivity (Wildman–Crippen MR) is 78.5 cm³/mol. The van der Waals surface area contributed by atoms with Gasteiger partial charge in [0.15, 0.2) is 0 Å². The maximum Gasteiger partial charge on any atom is 0.328 e. The van der Waals surface area contributed by atoms with Crippen LogP contribution >= 0.6 is 0 Å². The van der Waals surface area contributed by atoms with Crippen molar-refractivity contribution in [1.82, 2.24) is 5.32 Å². The van der Waals surface area contributed by atoms with E-state index in [0.29, 0.717) is 5.69 Å². The number of amides is 2. The molecule has 2 amide bonds. The van der Waals surface area contributed by atoms with E-state index in [1.807, 2.05) is 13.8 Å². The lowest BCUT2D eigenvalue weighted by Crippen LogP contribution is -2.20. The zero-order valence-corrected chi connectivity index (χ0v) is 11.9. The van der Waals surface area contributed by atoms with Crippen LogP contribution in [0.15, 0.2) is 36.4 Å². The van der Waals surface area contributed by atoms with Crippen LogP contribution in [0, 0.1) is 5.92 Å². The molecule has 0 radical (unpaired) electrons. The Hall–Kier alpha value is -2.63. The van der Waals surface area contributed by atoms with E-state index >= 15 is 0 Å².